The lowest BCUT2D eigenvalue weighted by Gasteiger charge is -2.07. The third kappa shape index (κ3) is 5.48. The number of rotatable bonds is 8. The standard InChI is InChI=1S/C20H18F4N8O/c21-15-7-2-1-5-13(15)11-31-19-14(6-3-9-25-19)17(28-31)18-27-30-32(29-18)10-4-8-16(33)26-12-20(22,23)24/h1-3,5-7,9H,4,8,10-12H2,(H,26,33). The van der Waals surface area contributed by atoms with Crippen LogP contribution in [-0.2, 0) is 17.9 Å². The highest BCUT2D eigenvalue weighted by Gasteiger charge is 2.27. The lowest BCUT2D eigenvalue weighted by Crippen LogP contribution is -2.33. The molecule has 0 saturated heterocycles. The topological polar surface area (TPSA) is 103 Å². The molecule has 0 saturated carbocycles. The highest BCUT2D eigenvalue weighted by Crippen LogP contribution is 2.24. The molecular weight excluding hydrogens is 444 g/mol. The van der Waals surface area contributed by atoms with Gasteiger partial charge in [-0.1, -0.05) is 18.2 Å². The van der Waals surface area contributed by atoms with Gasteiger partial charge in [-0.2, -0.15) is 23.1 Å². The van der Waals surface area contributed by atoms with Crippen LogP contribution in [0.3, 0.4) is 0 Å². The van der Waals surface area contributed by atoms with Crippen LogP contribution in [0.1, 0.15) is 18.4 Å². The van der Waals surface area contributed by atoms with Gasteiger partial charge in [0, 0.05) is 18.2 Å². The number of carbonyl (C=O) groups is 1. The van der Waals surface area contributed by atoms with Crippen molar-refractivity contribution in [2.24, 2.45) is 0 Å². The molecular formula is C20H18F4N8O. The highest BCUT2D eigenvalue weighted by molar-refractivity contribution is 5.88. The first kappa shape index (κ1) is 22.3. The Balaban J connectivity index is 1.47. The molecule has 0 atom stereocenters. The van der Waals surface area contributed by atoms with Gasteiger partial charge in [0.15, 0.2) is 5.65 Å². The van der Waals surface area contributed by atoms with Gasteiger partial charge in [-0.15, -0.1) is 10.2 Å². The van der Waals surface area contributed by atoms with Crippen molar-refractivity contribution >= 4 is 16.9 Å². The summed E-state index contributed by atoms with van der Waals surface area (Å²) in [6, 6.07) is 9.87. The average molecular weight is 462 g/mol. The van der Waals surface area contributed by atoms with Gasteiger partial charge in [0.05, 0.1) is 18.5 Å². The average Bonchev–Trinajstić information content (AvgIpc) is 3.38. The number of pyridine rings is 1. The van der Waals surface area contributed by atoms with Crippen LogP contribution in [0.4, 0.5) is 17.6 Å². The second-order valence-corrected chi connectivity index (χ2v) is 7.18. The Hall–Kier alpha value is -3.90. The van der Waals surface area contributed by atoms with Crippen molar-refractivity contribution in [2.75, 3.05) is 6.54 Å². The summed E-state index contributed by atoms with van der Waals surface area (Å²) in [4.78, 5) is 17.1. The summed E-state index contributed by atoms with van der Waals surface area (Å²) in [5, 5.41) is 19.1. The van der Waals surface area contributed by atoms with Gasteiger partial charge < -0.3 is 5.32 Å². The molecule has 0 aliphatic rings. The molecule has 9 nitrogen and oxygen atoms in total. The molecule has 4 aromatic rings. The molecule has 172 valence electrons. The van der Waals surface area contributed by atoms with Gasteiger partial charge in [-0.25, -0.2) is 14.1 Å². The van der Waals surface area contributed by atoms with E-state index < -0.39 is 18.6 Å². The first-order valence-electron chi connectivity index (χ1n) is 9.97. The fourth-order valence-electron chi connectivity index (χ4n) is 3.17. The Labute approximate surface area is 184 Å². The maximum atomic E-state index is 14.1. The number of nitrogens with one attached hydrogen (secondary N) is 1. The van der Waals surface area contributed by atoms with Crippen molar-refractivity contribution in [3.8, 4) is 11.5 Å². The summed E-state index contributed by atoms with van der Waals surface area (Å²) in [7, 11) is 0. The SMILES string of the molecule is O=C(CCCn1nnc(-c2nn(Cc3ccccc3F)c3ncccc23)n1)NCC(F)(F)F. The molecule has 3 aromatic heterocycles. The normalized spacial score (nSPS) is 11.8. The van der Waals surface area contributed by atoms with Crippen molar-refractivity contribution in [1.29, 1.82) is 0 Å². The van der Waals surface area contributed by atoms with E-state index in [1.54, 1.807) is 41.2 Å². The molecule has 0 unspecified atom stereocenters. The molecule has 0 aliphatic carbocycles. The molecule has 0 bridgehead atoms. The molecule has 1 aromatic carbocycles. The van der Waals surface area contributed by atoms with Crippen LogP contribution >= 0.6 is 0 Å². The number of fused-ring (bicyclic) bond motifs is 1. The van der Waals surface area contributed by atoms with Crippen LogP contribution in [0.5, 0.6) is 0 Å². The fourth-order valence-corrected chi connectivity index (χ4v) is 3.17. The van der Waals surface area contributed by atoms with Gasteiger partial charge in [0.25, 0.3) is 0 Å². The van der Waals surface area contributed by atoms with Crippen LogP contribution in [0.15, 0.2) is 42.6 Å². The van der Waals surface area contributed by atoms with Gasteiger partial charge in [-0.05, 0) is 29.8 Å². The third-order valence-corrected chi connectivity index (χ3v) is 4.70. The predicted molar refractivity (Wildman–Crippen MR) is 108 cm³/mol. The smallest absolute Gasteiger partial charge is 0.347 e. The minimum Gasteiger partial charge on any atom is -0.347 e. The lowest BCUT2D eigenvalue weighted by molar-refractivity contribution is -0.138. The van der Waals surface area contributed by atoms with Crippen LogP contribution < -0.4 is 5.32 Å². The van der Waals surface area contributed by atoms with Gasteiger partial charge in [-0.3, -0.25) is 4.79 Å². The number of benzene rings is 1. The molecule has 0 radical (unpaired) electrons. The van der Waals surface area contributed by atoms with E-state index in [9.17, 15) is 22.4 Å². The number of aromatic nitrogens is 7. The Kier molecular flexibility index (Phi) is 6.29. The summed E-state index contributed by atoms with van der Waals surface area (Å²) in [6.07, 6.45) is -2.74. The van der Waals surface area contributed by atoms with E-state index in [2.05, 4.69) is 25.5 Å². The van der Waals surface area contributed by atoms with Crippen molar-refractivity contribution in [2.45, 2.75) is 32.1 Å². The maximum absolute atomic E-state index is 14.1. The number of halogens is 4. The number of amides is 1. The zero-order valence-electron chi connectivity index (χ0n) is 17.1. The molecule has 0 aliphatic heterocycles. The van der Waals surface area contributed by atoms with Crippen LogP contribution in [0, 0.1) is 5.82 Å². The molecule has 3 heterocycles. The number of hydrogen-bond donors (Lipinski definition) is 1. The summed E-state index contributed by atoms with van der Waals surface area (Å²) in [6.45, 7) is -1.03. The highest BCUT2D eigenvalue weighted by atomic mass is 19.4. The molecule has 13 heteroatoms. The quantitative estimate of drug-likeness (QED) is 0.404. The first-order valence-corrected chi connectivity index (χ1v) is 9.97. The Morgan fingerprint density at radius 3 is 2.70 bits per heavy atom. The molecule has 0 fully saturated rings. The fraction of sp³-hybridized carbons (Fsp3) is 0.300. The lowest BCUT2D eigenvalue weighted by atomic mass is 10.2. The van der Waals surface area contributed by atoms with Crippen molar-refractivity contribution in [3.63, 3.8) is 0 Å². The zero-order valence-corrected chi connectivity index (χ0v) is 17.1. The Morgan fingerprint density at radius 2 is 1.91 bits per heavy atom. The van der Waals surface area contributed by atoms with E-state index in [1.807, 2.05) is 5.32 Å². The van der Waals surface area contributed by atoms with E-state index in [4.69, 9.17) is 0 Å². The largest absolute Gasteiger partial charge is 0.405 e. The zero-order chi connectivity index (χ0) is 23.4. The maximum Gasteiger partial charge on any atom is 0.405 e. The number of aryl methyl sites for hydroxylation is 1. The van der Waals surface area contributed by atoms with E-state index in [0.29, 0.717) is 22.3 Å². The summed E-state index contributed by atoms with van der Waals surface area (Å²) in [5.74, 6) is -0.861. The summed E-state index contributed by atoms with van der Waals surface area (Å²) < 4.78 is 52.1. The minimum atomic E-state index is -4.45. The van der Waals surface area contributed by atoms with Gasteiger partial charge in [0.1, 0.15) is 18.1 Å². The van der Waals surface area contributed by atoms with Gasteiger partial charge >= 0.3 is 6.18 Å². The third-order valence-electron chi connectivity index (χ3n) is 4.70. The molecule has 1 N–H and O–H groups in total. The van der Waals surface area contributed by atoms with E-state index in [0.717, 1.165) is 0 Å². The van der Waals surface area contributed by atoms with Crippen molar-refractivity contribution in [3.05, 3.63) is 54.0 Å². The number of nitrogens with zero attached hydrogens (tertiary/aromatic N) is 7. The first-order chi connectivity index (χ1) is 15.8. The predicted octanol–water partition coefficient (Wildman–Crippen LogP) is 2.73. The van der Waals surface area contributed by atoms with E-state index >= 15 is 0 Å². The summed E-state index contributed by atoms with van der Waals surface area (Å²) >= 11 is 0. The van der Waals surface area contributed by atoms with Crippen LogP contribution in [0.25, 0.3) is 22.6 Å². The monoisotopic (exact) mass is 462 g/mol. The molecule has 4 rings (SSSR count). The number of hydrogen-bond acceptors (Lipinski definition) is 6. The van der Waals surface area contributed by atoms with Crippen molar-refractivity contribution < 1.29 is 22.4 Å². The van der Waals surface area contributed by atoms with Crippen molar-refractivity contribution in [1.82, 2.24) is 40.3 Å². The number of alkyl halides is 3. The molecule has 1 amide bonds. The molecule has 33 heavy (non-hydrogen) atoms. The number of tetrazole rings is 1. The second kappa shape index (κ2) is 9.30. The minimum absolute atomic E-state index is 0.114. The van der Waals surface area contributed by atoms with Crippen LogP contribution in [-0.4, -0.2) is 53.6 Å². The number of carbonyl (C=O) groups excluding carboxylic acids is 1. The van der Waals surface area contributed by atoms with E-state index in [-0.39, 0.29) is 37.6 Å². The van der Waals surface area contributed by atoms with E-state index in [1.165, 1.54) is 10.9 Å². The second-order valence-electron chi connectivity index (χ2n) is 7.18. The Morgan fingerprint density at radius 1 is 1.09 bits per heavy atom. The van der Waals surface area contributed by atoms with Gasteiger partial charge in [0.2, 0.25) is 11.7 Å². The Bertz CT molecular complexity index is 1270. The van der Waals surface area contributed by atoms with Crippen LogP contribution in [0.2, 0.25) is 0 Å². The molecule has 0 spiro atoms. The summed E-state index contributed by atoms with van der Waals surface area (Å²) in [5.41, 5.74) is 1.37.